The van der Waals surface area contributed by atoms with E-state index < -0.39 is 4.92 Å². The van der Waals surface area contributed by atoms with Gasteiger partial charge in [-0.25, -0.2) is 9.98 Å². The average molecular weight is 232 g/mol. The zero-order valence-electron chi connectivity index (χ0n) is 8.59. The molecule has 0 unspecified atom stereocenters. The van der Waals surface area contributed by atoms with Gasteiger partial charge in [0.25, 0.3) is 5.69 Å². The highest BCUT2D eigenvalue weighted by Crippen LogP contribution is 2.13. The van der Waals surface area contributed by atoms with Gasteiger partial charge >= 0.3 is 0 Å². The Balaban J connectivity index is 2.40. The number of hydrogen-bond donors (Lipinski definition) is 1. The summed E-state index contributed by atoms with van der Waals surface area (Å²) >= 11 is 0. The van der Waals surface area contributed by atoms with Crippen molar-refractivity contribution >= 4 is 11.5 Å². The topological polar surface area (TPSA) is 93.5 Å². The lowest BCUT2D eigenvalue weighted by Crippen LogP contribution is -2.16. The van der Waals surface area contributed by atoms with E-state index >= 15 is 0 Å². The standard InChI is InChI=1S/C10H8N4O3/c15-13-6-2-1-3-10(13)12-9-5-4-8(7-11-9)14(16)17/h1-7,15H. The maximum atomic E-state index is 10.4. The molecule has 0 spiro atoms. The molecule has 0 aliphatic heterocycles. The average Bonchev–Trinajstić information content (AvgIpc) is 2.33. The lowest BCUT2D eigenvalue weighted by Gasteiger charge is -1.96. The van der Waals surface area contributed by atoms with E-state index in [1.807, 2.05) is 0 Å². The first-order chi connectivity index (χ1) is 8.16. The van der Waals surface area contributed by atoms with Crippen LogP contribution in [0.3, 0.4) is 0 Å². The summed E-state index contributed by atoms with van der Waals surface area (Å²) in [5.74, 6) is 0.282. The zero-order valence-corrected chi connectivity index (χ0v) is 8.59. The van der Waals surface area contributed by atoms with Gasteiger partial charge in [-0.1, -0.05) is 6.07 Å². The highest BCUT2D eigenvalue weighted by molar-refractivity contribution is 5.35. The van der Waals surface area contributed by atoms with E-state index in [1.165, 1.54) is 18.3 Å². The third-order valence-corrected chi connectivity index (χ3v) is 1.99. The maximum Gasteiger partial charge on any atom is 0.287 e. The summed E-state index contributed by atoms with van der Waals surface area (Å²) in [5, 5.41) is 19.8. The van der Waals surface area contributed by atoms with Crippen LogP contribution >= 0.6 is 0 Å². The predicted molar refractivity (Wildman–Crippen MR) is 57.7 cm³/mol. The third kappa shape index (κ3) is 2.46. The Morgan fingerprint density at radius 1 is 1.35 bits per heavy atom. The van der Waals surface area contributed by atoms with Gasteiger partial charge in [0.05, 0.1) is 4.92 Å². The molecule has 7 heteroatoms. The highest BCUT2D eigenvalue weighted by atomic mass is 16.6. The minimum atomic E-state index is -0.536. The first-order valence-electron chi connectivity index (χ1n) is 4.69. The molecule has 86 valence electrons. The van der Waals surface area contributed by atoms with E-state index in [1.54, 1.807) is 18.2 Å². The minimum absolute atomic E-state index is 0.103. The van der Waals surface area contributed by atoms with Gasteiger partial charge in [0, 0.05) is 12.3 Å². The van der Waals surface area contributed by atoms with Gasteiger partial charge in [0.1, 0.15) is 6.20 Å². The molecule has 2 heterocycles. The maximum absolute atomic E-state index is 10.4. The van der Waals surface area contributed by atoms with Crippen molar-refractivity contribution in [3.05, 3.63) is 58.3 Å². The van der Waals surface area contributed by atoms with Crippen LogP contribution in [0.4, 0.5) is 11.5 Å². The molecule has 0 fully saturated rings. The molecule has 2 rings (SSSR count). The molecule has 0 saturated heterocycles. The van der Waals surface area contributed by atoms with Gasteiger partial charge in [-0.3, -0.25) is 10.1 Å². The fourth-order valence-corrected chi connectivity index (χ4v) is 1.18. The van der Waals surface area contributed by atoms with Crippen molar-refractivity contribution in [2.24, 2.45) is 4.99 Å². The Morgan fingerprint density at radius 2 is 2.18 bits per heavy atom. The molecular formula is C10H8N4O3. The molecule has 0 aliphatic carbocycles. The summed E-state index contributed by atoms with van der Waals surface area (Å²) < 4.78 is 0.836. The number of hydrogen-bond acceptors (Lipinski definition) is 5. The lowest BCUT2D eigenvalue weighted by molar-refractivity contribution is -0.385. The minimum Gasteiger partial charge on any atom is -0.427 e. The summed E-state index contributed by atoms with van der Waals surface area (Å²) in [6, 6.07) is 7.64. The molecule has 17 heavy (non-hydrogen) atoms. The number of nitro groups is 1. The highest BCUT2D eigenvalue weighted by Gasteiger charge is 2.04. The van der Waals surface area contributed by atoms with Gasteiger partial charge in [-0.05, 0) is 18.2 Å². The number of rotatable bonds is 2. The summed E-state index contributed by atoms with van der Waals surface area (Å²) in [7, 11) is 0. The van der Waals surface area contributed by atoms with Crippen LogP contribution in [0.15, 0.2) is 47.7 Å². The second kappa shape index (κ2) is 4.44. The van der Waals surface area contributed by atoms with Crippen LogP contribution in [0.2, 0.25) is 0 Å². The SMILES string of the molecule is O=[N+]([O-])c1ccc(N=c2ccccn2O)nc1. The molecule has 0 saturated carbocycles. The van der Waals surface area contributed by atoms with Crippen molar-refractivity contribution < 1.29 is 10.1 Å². The Bertz CT molecular complexity index is 603. The Hall–Kier alpha value is -2.70. The van der Waals surface area contributed by atoms with Crippen LogP contribution in [0.25, 0.3) is 0 Å². The smallest absolute Gasteiger partial charge is 0.287 e. The zero-order chi connectivity index (χ0) is 12.3. The first kappa shape index (κ1) is 10.8. The van der Waals surface area contributed by atoms with Gasteiger partial charge < -0.3 is 5.21 Å². The van der Waals surface area contributed by atoms with E-state index in [0.29, 0.717) is 0 Å². The molecule has 7 nitrogen and oxygen atoms in total. The fourth-order valence-electron chi connectivity index (χ4n) is 1.18. The number of nitrogens with zero attached hydrogens (tertiary/aromatic N) is 4. The van der Waals surface area contributed by atoms with Crippen LogP contribution in [0.5, 0.6) is 0 Å². The summed E-state index contributed by atoms with van der Waals surface area (Å²) in [5.41, 5.74) is 0.183. The monoisotopic (exact) mass is 232 g/mol. The molecule has 0 bridgehead atoms. The number of aromatic nitrogens is 2. The second-order valence-electron chi connectivity index (χ2n) is 3.15. The van der Waals surface area contributed by atoms with E-state index in [4.69, 9.17) is 0 Å². The molecular weight excluding hydrogens is 224 g/mol. The molecule has 2 aromatic heterocycles. The van der Waals surface area contributed by atoms with Crippen LogP contribution in [0.1, 0.15) is 0 Å². The largest absolute Gasteiger partial charge is 0.427 e. The second-order valence-corrected chi connectivity index (χ2v) is 3.15. The third-order valence-electron chi connectivity index (χ3n) is 1.99. The summed E-state index contributed by atoms with van der Waals surface area (Å²) in [6.45, 7) is 0. The van der Waals surface area contributed by atoms with E-state index in [0.717, 1.165) is 10.9 Å². The van der Waals surface area contributed by atoms with Crippen molar-refractivity contribution in [1.82, 2.24) is 9.71 Å². The molecule has 0 radical (unpaired) electrons. The number of pyridine rings is 2. The molecule has 0 aliphatic rings. The molecule has 0 amide bonds. The normalized spacial score (nSPS) is 11.4. The Kier molecular flexibility index (Phi) is 2.82. The van der Waals surface area contributed by atoms with Crippen molar-refractivity contribution in [3.63, 3.8) is 0 Å². The van der Waals surface area contributed by atoms with Gasteiger partial charge in [0.15, 0.2) is 11.3 Å². The first-order valence-corrected chi connectivity index (χ1v) is 4.69. The summed E-state index contributed by atoms with van der Waals surface area (Å²) in [6.07, 6.45) is 2.54. The molecule has 0 aromatic carbocycles. The molecule has 2 aromatic rings. The lowest BCUT2D eigenvalue weighted by atomic mass is 10.4. The van der Waals surface area contributed by atoms with Crippen LogP contribution in [0, 0.1) is 10.1 Å². The van der Waals surface area contributed by atoms with Crippen LogP contribution in [-0.2, 0) is 0 Å². The predicted octanol–water partition coefficient (Wildman–Crippen LogP) is 1.26. The van der Waals surface area contributed by atoms with Crippen molar-refractivity contribution in [1.29, 1.82) is 0 Å². The van der Waals surface area contributed by atoms with Crippen molar-refractivity contribution in [2.45, 2.75) is 0 Å². The molecule has 0 atom stereocenters. The quantitative estimate of drug-likeness (QED) is 0.479. The van der Waals surface area contributed by atoms with Gasteiger partial charge in [-0.15, -0.1) is 0 Å². The fraction of sp³-hybridized carbons (Fsp3) is 0. The van der Waals surface area contributed by atoms with E-state index in [9.17, 15) is 15.3 Å². The van der Waals surface area contributed by atoms with E-state index in [2.05, 4.69) is 9.98 Å². The molecule has 1 N–H and O–H groups in total. The van der Waals surface area contributed by atoms with Crippen molar-refractivity contribution in [2.75, 3.05) is 0 Å². The van der Waals surface area contributed by atoms with Gasteiger partial charge in [-0.2, -0.15) is 4.73 Å². The van der Waals surface area contributed by atoms with E-state index in [-0.39, 0.29) is 17.0 Å². The Morgan fingerprint density at radius 3 is 2.76 bits per heavy atom. The summed E-state index contributed by atoms with van der Waals surface area (Å²) in [4.78, 5) is 17.7. The van der Waals surface area contributed by atoms with Gasteiger partial charge in [0.2, 0.25) is 0 Å². The van der Waals surface area contributed by atoms with Crippen molar-refractivity contribution in [3.8, 4) is 0 Å². The van der Waals surface area contributed by atoms with Crippen LogP contribution < -0.4 is 5.49 Å². The van der Waals surface area contributed by atoms with Crippen LogP contribution in [-0.4, -0.2) is 19.8 Å². The Labute approximate surface area is 95.4 Å².